The van der Waals surface area contributed by atoms with E-state index in [1.807, 2.05) is 18.2 Å². The highest BCUT2D eigenvalue weighted by Crippen LogP contribution is 2.14. The molecule has 2 amide bonds. The van der Waals surface area contributed by atoms with Crippen LogP contribution in [-0.2, 0) is 16.1 Å². The average Bonchev–Trinajstić information content (AvgIpc) is 2.55. The monoisotopic (exact) mass is 331 g/mol. The zero-order valence-electron chi connectivity index (χ0n) is 14.5. The first kappa shape index (κ1) is 18.0. The number of hydrogen-bond acceptors (Lipinski definition) is 4. The molecule has 0 saturated heterocycles. The fraction of sp³-hybridized carbons (Fsp3) is 0.444. The van der Waals surface area contributed by atoms with Gasteiger partial charge in [0.05, 0.1) is 18.7 Å². The molecule has 1 aliphatic heterocycles. The van der Waals surface area contributed by atoms with E-state index in [4.69, 9.17) is 4.74 Å². The highest BCUT2D eigenvalue weighted by Gasteiger charge is 2.25. The largest absolute Gasteiger partial charge is 0.463 e. The number of nitrogens with one attached hydrogen (secondary N) is 2. The number of amides is 2. The molecule has 0 spiro atoms. The lowest BCUT2D eigenvalue weighted by Gasteiger charge is -2.30. The van der Waals surface area contributed by atoms with Crippen LogP contribution in [0.4, 0.5) is 4.79 Å². The van der Waals surface area contributed by atoms with Crippen molar-refractivity contribution in [2.75, 3.05) is 19.7 Å². The predicted molar refractivity (Wildman–Crippen MR) is 92.2 cm³/mol. The van der Waals surface area contributed by atoms with Crippen molar-refractivity contribution in [3.05, 3.63) is 47.2 Å². The lowest BCUT2D eigenvalue weighted by Crippen LogP contribution is -2.47. The third-order valence-electron chi connectivity index (χ3n) is 3.90. The molecule has 1 aromatic carbocycles. The maximum absolute atomic E-state index is 12.1. The van der Waals surface area contributed by atoms with Crippen LogP contribution in [0.2, 0.25) is 0 Å². The van der Waals surface area contributed by atoms with Gasteiger partial charge in [0.2, 0.25) is 0 Å². The molecule has 0 fully saturated rings. The molecule has 0 radical (unpaired) electrons. The van der Waals surface area contributed by atoms with E-state index in [-0.39, 0.29) is 24.6 Å². The van der Waals surface area contributed by atoms with Gasteiger partial charge in [0.1, 0.15) is 0 Å². The van der Waals surface area contributed by atoms with Gasteiger partial charge in [-0.15, -0.1) is 0 Å². The highest BCUT2D eigenvalue weighted by atomic mass is 16.5. The Morgan fingerprint density at radius 1 is 1.25 bits per heavy atom. The molecule has 0 aliphatic carbocycles. The molecule has 0 saturated carbocycles. The second-order valence-electron chi connectivity index (χ2n) is 5.97. The summed E-state index contributed by atoms with van der Waals surface area (Å²) >= 11 is 0. The van der Waals surface area contributed by atoms with E-state index in [9.17, 15) is 9.59 Å². The molecular weight excluding hydrogens is 306 g/mol. The van der Waals surface area contributed by atoms with Gasteiger partial charge >= 0.3 is 12.0 Å². The van der Waals surface area contributed by atoms with E-state index in [1.165, 1.54) is 5.56 Å². The first-order valence-corrected chi connectivity index (χ1v) is 8.23. The Kier molecular flexibility index (Phi) is 6.37. The van der Waals surface area contributed by atoms with Crippen molar-refractivity contribution in [1.29, 1.82) is 0 Å². The molecule has 2 rings (SSSR count). The number of nitrogens with zero attached hydrogens (tertiary/aromatic N) is 1. The van der Waals surface area contributed by atoms with Crippen molar-refractivity contribution in [2.45, 2.75) is 33.4 Å². The maximum Gasteiger partial charge on any atom is 0.337 e. The summed E-state index contributed by atoms with van der Waals surface area (Å²) in [7, 11) is 0. The third kappa shape index (κ3) is 4.83. The van der Waals surface area contributed by atoms with E-state index in [1.54, 1.807) is 6.92 Å². The van der Waals surface area contributed by atoms with Crippen LogP contribution in [-0.4, -0.2) is 42.6 Å². The van der Waals surface area contributed by atoms with E-state index in [0.717, 1.165) is 6.54 Å². The molecule has 6 nitrogen and oxygen atoms in total. The zero-order valence-corrected chi connectivity index (χ0v) is 14.5. The number of esters is 1. The number of rotatable bonds is 7. The van der Waals surface area contributed by atoms with Crippen LogP contribution in [0.1, 0.15) is 26.3 Å². The van der Waals surface area contributed by atoms with E-state index in [2.05, 4.69) is 41.5 Å². The minimum Gasteiger partial charge on any atom is -0.463 e. The summed E-state index contributed by atoms with van der Waals surface area (Å²) in [5, 5.41) is 5.39. The Bertz CT molecular complexity index is 611. The van der Waals surface area contributed by atoms with Gasteiger partial charge in [0.25, 0.3) is 0 Å². The Morgan fingerprint density at radius 3 is 2.58 bits per heavy atom. The number of benzene rings is 1. The summed E-state index contributed by atoms with van der Waals surface area (Å²) in [6.07, 6.45) is 0. The first-order chi connectivity index (χ1) is 11.5. The lowest BCUT2D eigenvalue weighted by molar-refractivity contribution is -0.138. The van der Waals surface area contributed by atoms with Gasteiger partial charge in [-0.1, -0.05) is 30.3 Å². The normalized spacial score (nSPS) is 14.6. The zero-order chi connectivity index (χ0) is 17.5. The first-order valence-electron chi connectivity index (χ1n) is 8.23. The van der Waals surface area contributed by atoms with Crippen LogP contribution in [0.3, 0.4) is 0 Å². The van der Waals surface area contributed by atoms with E-state index in [0.29, 0.717) is 24.4 Å². The fourth-order valence-electron chi connectivity index (χ4n) is 2.52. The van der Waals surface area contributed by atoms with Crippen molar-refractivity contribution in [3.8, 4) is 0 Å². The van der Waals surface area contributed by atoms with Crippen molar-refractivity contribution < 1.29 is 14.3 Å². The number of carbonyl (C=O) groups is 2. The summed E-state index contributed by atoms with van der Waals surface area (Å²) in [5.41, 5.74) is 2.28. The fourth-order valence-corrected chi connectivity index (χ4v) is 2.52. The summed E-state index contributed by atoms with van der Waals surface area (Å²) < 4.78 is 5.10. The van der Waals surface area contributed by atoms with Crippen molar-refractivity contribution in [1.82, 2.24) is 15.5 Å². The Hall–Kier alpha value is -2.34. The van der Waals surface area contributed by atoms with Gasteiger partial charge in [-0.25, -0.2) is 9.59 Å². The Labute approximate surface area is 142 Å². The molecule has 0 atom stereocenters. The molecule has 1 aliphatic rings. The Balaban J connectivity index is 2.20. The number of hydrogen-bond donors (Lipinski definition) is 2. The van der Waals surface area contributed by atoms with Crippen molar-refractivity contribution in [2.24, 2.45) is 0 Å². The smallest absolute Gasteiger partial charge is 0.337 e. The molecule has 2 N–H and O–H groups in total. The number of ether oxygens (including phenoxy) is 1. The predicted octanol–water partition coefficient (Wildman–Crippen LogP) is 2.03. The quantitative estimate of drug-likeness (QED) is 0.750. The summed E-state index contributed by atoms with van der Waals surface area (Å²) in [6, 6.07) is 10.1. The van der Waals surface area contributed by atoms with Gasteiger partial charge in [-0.3, -0.25) is 4.90 Å². The molecule has 0 aromatic heterocycles. The minimum atomic E-state index is -0.386. The summed E-state index contributed by atoms with van der Waals surface area (Å²) in [6.45, 7) is 7.67. The summed E-state index contributed by atoms with van der Waals surface area (Å²) in [4.78, 5) is 26.0. The third-order valence-corrected chi connectivity index (χ3v) is 3.90. The molecule has 1 aromatic rings. The second kappa shape index (κ2) is 8.49. The van der Waals surface area contributed by atoms with Crippen molar-refractivity contribution in [3.63, 3.8) is 0 Å². The van der Waals surface area contributed by atoms with Crippen molar-refractivity contribution >= 4 is 12.0 Å². The molecule has 24 heavy (non-hydrogen) atoms. The van der Waals surface area contributed by atoms with Crippen LogP contribution in [0, 0.1) is 0 Å². The highest BCUT2D eigenvalue weighted by molar-refractivity contribution is 5.93. The number of urea groups is 1. The van der Waals surface area contributed by atoms with Gasteiger partial charge in [-0.05, 0) is 26.3 Å². The van der Waals surface area contributed by atoms with Crippen LogP contribution in [0.5, 0.6) is 0 Å². The molecule has 0 bridgehead atoms. The van der Waals surface area contributed by atoms with Gasteiger partial charge in [0, 0.05) is 24.8 Å². The number of carbonyl (C=O) groups excluding carboxylic acids is 2. The van der Waals surface area contributed by atoms with Gasteiger partial charge in [0.15, 0.2) is 0 Å². The molecule has 0 unspecified atom stereocenters. The summed E-state index contributed by atoms with van der Waals surface area (Å²) in [5.74, 6) is -0.386. The van der Waals surface area contributed by atoms with Crippen LogP contribution in [0.15, 0.2) is 41.6 Å². The van der Waals surface area contributed by atoms with E-state index >= 15 is 0 Å². The topological polar surface area (TPSA) is 70.7 Å². The van der Waals surface area contributed by atoms with E-state index < -0.39 is 0 Å². The molecule has 6 heteroatoms. The van der Waals surface area contributed by atoms with Gasteiger partial charge in [-0.2, -0.15) is 0 Å². The SMILES string of the molecule is CCOC(=O)C1=C(CN(Cc2ccccc2)C(C)C)NC(=O)NC1. The Morgan fingerprint density at radius 2 is 1.96 bits per heavy atom. The molecular formula is C18H25N3O3. The second-order valence-corrected chi connectivity index (χ2v) is 5.97. The van der Waals surface area contributed by atoms with Gasteiger partial charge < -0.3 is 15.4 Å². The lowest BCUT2D eigenvalue weighted by atomic mass is 10.1. The minimum absolute atomic E-state index is 0.192. The van der Waals surface area contributed by atoms with Crippen LogP contribution >= 0.6 is 0 Å². The van der Waals surface area contributed by atoms with Crippen LogP contribution in [0.25, 0.3) is 0 Å². The standard InChI is InChI=1S/C18H25N3O3/c1-4-24-17(22)15-10-19-18(23)20-16(15)12-21(13(2)3)11-14-8-6-5-7-9-14/h5-9,13H,4,10-12H2,1-3H3,(H2,19,20,23). The molecule has 1 heterocycles. The molecule has 130 valence electrons. The maximum atomic E-state index is 12.1. The average molecular weight is 331 g/mol. The van der Waals surface area contributed by atoms with Crippen LogP contribution < -0.4 is 10.6 Å².